The Balaban J connectivity index is 2.29. The van der Waals surface area contributed by atoms with E-state index in [0.29, 0.717) is 17.1 Å². The van der Waals surface area contributed by atoms with Gasteiger partial charge in [0, 0.05) is 17.8 Å². The average Bonchev–Trinajstić information content (AvgIpc) is 2.29. The first-order chi connectivity index (χ1) is 7.78. The van der Waals surface area contributed by atoms with Gasteiger partial charge in [0.2, 0.25) is 0 Å². The van der Waals surface area contributed by atoms with Crippen LogP contribution in [0.2, 0.25) is 0 Å². The molecule has 0 saturated heterocycles. The average molecular weight is 213 g/mol. The SMILES string of the molecule is C#Cc1cc(F)cc(Oc2cccnc2)c1. The molecule has 0 radical (unpaired) electrons. The summed E-state index contributed by atoms with van der Waals surface area (Å²) in [5.41, 5.74) is 0.443. The first-order valence-electron chi connectivity index (χ1n) is 4.63. The summed E-state index contributed by atoms with van der Waals surface area (Å²) < 4.78 is 18.5. The Morgan fingerprint density at radius 3 is 2.81 bits per heavy atom. The molecule has 0 atom stereocenters. The van der Waals surface area contributed by atoms with Crippen molar-refractivity contribution in [1.29, 1.82) is 0 Å². The summed E-state index contributed by atoms with van der Waals surface area (Å²) in [5, 5.41) is 0. The molecule has 2 aromatic rings. The molecule has 0 spiro atoms. The normalized spacial score (nSPS) is 9.50. The molecular weight excluding hydrogens is 205 g/mol. The van der Waals surface area contributed by atoms with E-state index in [0.717, 1.165) is 0 Å². The van der Waals surface area contributed by atoms with Crippen LogP contribution in [0.1, 0.15) is 5.56 Å². The highest BCUT2D eigenvalue weighted by Gasteiger charge is 2.01. The van der Waals surface area contributed by atoms with Crippen molar-refractivity contribution in [3.63, 3.8) is 0 Å². The monoisotopic (exact) mass is 213 g/mol. The highest BCUT2D eigenvalue weighted by molar-refractivity contribution is 5.40. The van der Waals surface area contributed by atoms with Crippen LogP contribution < -0.4 is 4.74 Å². The smallest absolute Gasteiger partial charge is 0.145 e. The van der Waals surface area contributed by atoms with Crippen molar-refractivity contribution >= 4 is 0 Å². The highest BCUT2D eigenvalue weighted by Crippen LogP contribution is 2.22. The standard InChI is InChI=1S/C13H8FNO/c1-2-10-6-11(14)8-13(7-10)16-12-4-3-5-15-9-12/h1,3-9H. The Bertz CT molecular complexity index is 531. The number of rotatable bonds is 2. The van der Waals surface area contributed by atoms with E-state index in [9.17, 15) is 4.39 Å². The first-order valence-corrected chi connectivity index (χ1v) is 4.63. The number of hydrogen-bond acceptors (Lipinski definition) is 2. The molecule has 2 nitrogen and oxygen atoms in total. The molecule has 0 saturated carbocycles. The Labute approximate surface area is 92.7 Å². The fourth-order valence-electron chi connectivity index (χ4n) is 1.25. The van der Waals surface area contributed by atoms with Crippen LogP contribution in [0.3, 0.4) is 0 Å². The molecule has 2 rings (SSSR count). The third-order valence-corrected chi connectivity index (χ3v) is 1.91. The molecule has 0 aliphatic carbocycles. The lowest BCUT2D eigenvalue weighted by Crippen LogP contribution is -1.87. The molecule has 3 heteroatoms. The maximum atomic E-state index is 13.1. The zero-order valence-corrected chi connectivity index (χ0v) is 8.35. The fraction of sp³-hybridized carbons (Fsp3) is 0. The van der Waals surface area contributed by atoms with Crippen LogP contribution in [0.4, 0.5) is 4.39 Å². The summed E-state index contributed by atoms with van der Waals surface area (Å²) in [4.78, 5) is 3.89. The van der Waals surface area contributed by atoms with E-state index < -0.39 is 5.82 Å². The van der Waals surface area contributed by atoms with Gasteiger partial charge in [-0.25, -0.2) is 4.39 Å². The molecule has 0 bridgehead atoms. The molecule has 1 aromatic carbocycles. The van der Waals surface area contributed by atoms with Gasteiger partial charge >= 0.3 is 0 Å². The summed E-state index contributed by atoms with van der Waals surface area (Å²) in [5.74, 6) is 2.84. The number of ether oxygens (including phenoxy) is 1. The summed E-state index contributed by atoms with van der Waals surface area (Å²) in [7, 11) is 0. The molecule has 0 unspecified atom stereocenters. The van der Waals surface area contributed by atoms with Crippen molar-refractivity contribution in [1.82, 2.24) is 4.98 Å². The van der Waals surface area contributed by atoms with E-state index in [1.807, 2.05) is 0 Å². The van der Waals surface area contributed by atoms with E-state index in [2.05, 4.69) is 10.9 Å². The molecule has 78 valence electrons. The number of aromatic nitrogens is 1. The first kappa shape index (κ1) is 10.2. The van der Waals surface area contributed by atoms with E-state index in [1.165, 1.54) is 12.1 Å². The van der Waals surface area contributed by atoms with E-state index >= 15 is 0 Å². The fourth-order valence-corrected chi connectivity index (χ4v) is 1.25. The lowest BCUT2D eigenvalue weighted by molar-refractivity contribution is 0.474. The van der Waals surface area contributed by atoms with E-state index in [-0.39, 0.29) is 0 Å². The van der Waals surface area contributed by atoms with Crippen molar-refractivity contribution in [2.75, 3.05) is 0 Å². The predicted octanol–water partition coefficient (Wildman–Crippen LogP) is 2.99. The summed E-state index contributed by atoms with van der Waals surface area (Å²) in [6.45, 7) is 0. The molecule has 16 heavy (non-hydrogen) atoms. The number of benzene rings is 1. The van der Waals surface area contributed by atoms with Gasteiger partial charge in [-0.1, -0.05) is 5.92 Å². The topological polar surface area (TPSA) is 22.1 Å². The molecule has 0 aliphatic heterocycles. The van der Waals surface area contributed by atoms with Gasteiger partial charge < -0.3 is 4.74 Å². The van der Waals surface area contributed by atoms with E-state index in [4.69, 9.17) is 11.2 Å². The van der Waals surface area contributed by atoms with Gasteiger partial charge in [-0.05, 0) is 24.3 Å². The van der Waals surface area contributed by atoms with Crippen molar-refractivity contribution in [3.05, 3.63) is 54.1 Å². The van der Waals surface area contributed by atoms with Gasteiger partial charge in [0.25, 0.3) is 0 Å². The minimum Gasteiger partial charge on any atom is -0.456 e. The lowest BCUT2D eigenvalue weighted by Gasteiger charge is -2.05. The largest absolute Gasteiger partial charge is 0.456 e. The maximum Gasteiger partial charge on any atom is 0.145 e. The van der Waals surface area contributed by atoms with Crippen LogP contribution in [0.15, 0.2) is 42.7 Å². The minimum absolute atomic E-state index is 0.362. The van der Waals surface area contributed by atoms with Crippen LogP contribution >= 0.6 is 0 Å². The predicted molar refractivity (Wildman–Crippen MR) is 58.6 cm³/mol. The van der Waals surface area contributed by atoms with Crippen LogP contribution in [-0.4, -0.2) is 4.98 Å². The summed E-state index contributed by atoms with van der Waals surface area (Å²) >= 11 is 0. The van der Waals surface area contributed by atoms with Gasteiger partial charge in [-0.2, -0.15) is 0 Å². The highest BCUT2D eigenvalue weighted by atomic mass is 19.1. The zero-order valence-electron chi connectivity index (χ0n) is 8.35. The van der Waals surface area contributed by atoms with Crippen LogP contribution in [0.25, 0.3) is 0 Å². The van der Waals surface area contributed by atoms with Crippen molar-refractivity contribution < 1.29 is 9.13 Å². The Hall–Kier alpha value is -2.34. The maximum absolute atomic E-state index is 13.1. The van der Waals surface area contributed by atoms with Gasteiger partial charge in [-0.15, -0.1) is 6.42 Å². The van der Waals surface area contributed by atoms with Crippen LogP contribution in [0, 0.1) is 18.2 Å². The quantitative estimate of drug-likeness (QED) is 0.715. The Kier molecular flexibility index (Phi) is 2.84. The number of halogens is 1. The summed E-state index contributed by atoms with van der Waals surface area (Å²) in [6.07, 6.45) is 8.37. The van der Waals surface area contributed by atoms with Gasteiger partial charge in [-0.3, -0.25) is 4.98 Å². The zero-order chi connectivity index (χ0) is 11.4. The third kappa shape index (κ3) is 2.37. The second-order valence-corrected chi connectivity index (χ2v) is 3.11. The van der Waals surface area contributed by atoms with Gasteiger partial charge in [0.1, 0.15) is 17.3 Å². The number of hydrogen-bond donors (Lipinski definition) is 0. The lowest BCUT2D eigenvalue weighted by atomic mass is 10.2. The summed E-state index contributed by atoms with van der Waals surface area (Å²) in [6, 6.07) is 7.60. The second kappa shape index (κ2) is 4.45. The molecule has 0 aliphatic rings. The van der Waals surface area contributed by atoms with Gasteiger partial charge in [0.05, 0.1) is 6.20 Å². The van der Waals surface area contributed by atoms with Crippen LogP contribution in [0.5, 0.6) is 11.5 Å². The Morgan fingerprint density at radius 1 is 1.25 bits per heavy atom. The van der Waals surface area contributed by atoms with E-state index in [1.54, 1.807) is 30.6 Å². The molecule has 0 fully saturated rings. The molecular formula is C13H8FNO. The van der Waals surface area contributed by atoms with Crippen LogP contribution in [-0.2, 0) is 0 Å². The van der Waals surface area contributed by atoms with Crippen molar-refractivity contribution in [3.8, 4) is 23.8 Å². The number of terminal acetylenes is 1. The minimum atomic E-state index is -0.422. The molecule has 1 aromatic heterocycles. The number of nitrogens with zero attached hydrogens (tertiary/aromatic N) is 1. The van der Waals surface area contributed by atoms with Gasteiger partial charge in [0.15, 0.2) is 0 Å². The molecule has 1 heterocycles. The molecule has 0 amide bonds. The van der Waals surface area contributed by atoms with Crippen molar-refractivity contribution in [2.24, 2.45) is 0 Å². The number of pyridine rings is 1. The van der Waals surface area contributed by atoms with Crippen molar-refractivity contribution in [2.45, 2.75) is 0 Å². The molecule has 0 N–H and O–H groups in total. The Morgan fingerprint density at radius 2 is 2.12 bits per heavy atom. The third-order valence-electron chi connectivity index (χ3n) is 1.91. The second-order valence-electron chi connectivity index (χ2n) is 3.11.